The number of rotatable bonds is 8. The van der Waals surface area contributed by atoms with Crippen molar-refractivity contribution in [1.82, 2.24) is 10.4 Å². The molecule has 1 atom stereocenters. The van der Waals surface area contributed by atoms with Gasteiger partial charge in [0.05, 0.1) is 23.6 Å². The van der Waals surface area contributed by atoms with Gasteiger partial charge in [-0.05, 0) is 46.4 Å². The Balaban J connectivity index is 1.09. The Hall–Kier alpha value is -5.24. The van der Waals surface area contributed by atoms with E-state index in [9.17, 15) is 19.2 Å². The minimum absolute atomic E-state index is 0.0852. The number of carbonyl (C=O) groups is 4. The highest BCUT2D eigenvalue weighted by molar-refractivity contribution is 6.20. The van der Waals surface area contributed by atoms with Crippen LogP contribution in [0, 0.1) is 0 Å². The maximum Gasteiger partial charge on any atom is 0.407 e. The SMILES string of the molecule is O=C(CCC(NC(=O)OCC1c2ccccc2-c2ccccc21)c1ccccc1)ON1C(=O)c2ccccc2C1=O. The molecule has 0 bridgehead atoms. The summed E-state index contributed by atoms with van der Waals surface area (Å²) in [5, 5.41) is 3.36. The zero-order valence-electron chi connectivity index (χ0n) is 22.0. The summed E-state index contributed by atoms with van der Waals surface area (Å²) < 4.78 is 5.71. The number of nitrogens with one attached hydrogen (secondary N) is 1. The Kier molecular flexibility index (Phi) is 7.04. The molecule has 41 heavy (non-hydrogen) atoms. The van der Waals surface area contributed by atoms with E-state index < -0.39 is 29.9 Å². The van der Waals surface area contributed by atoms with Gasteiger partial charge >= 0.3 is 12.1 Å². The van der Waals surface area contributed by atoms with Crippen LogP contribution < -0.4 is 5.32 Å². The number of hydrogen-bond donors (Lipinski definition) is 1. The van der Waals surface area contributed by atoms with E-state index in [-0.39, 0.29) is 36.5 Å². The number of imide groups is 1. The number of ether oxygens (including phenoxy) is 1. The quantitative estimate of drug-likeness (QED) is 0.280. The lowest BCUT2D eigenvalue weighted by atomic mass is 9.98. The van der Waals surface area contributed by atoms with Gasteiger partial charge in [0.15, 0.2) is 0 Å². The molecule has 0 saturated heterocycles. The molecule has 0 spiro atoms. The second-order valence-corrected chi connectivity index (χ2v) is 9.89. The summed E-state index contributed by atoms with van der Waals surface area (Å²) in [5.74, 6) is -2.22. The van der Waals surface area contributed by atoms with Crippen molar-refractivity contribution >= 4 is 23.9 Å². The van der Waals surface area contributed by atoms with Crippen molar-refractivity contribution in [3.05, 3.63) is 131 Å². The van der Waals surface area contributed by atoms with Crippen LogP contribution in [0.5, 0.6) is 0 Å². The maximum atomic E-state index is 13.0. The lowest BCUT2D eigenvalue weighted by Crippen LogP contribution is -2.34. The van der Waals surface area contributed by atoms with Crippen LogP contribution in [0.1, 0.15) is 62.2 Å². The highest BCUT2D eigenvalue weighted by atomic mass is 16.7. The highest BCUT2D eigenvalue weighted by Crippen LogP contribution is 2.44. The molecule has 0 aromatic heterocycles. The number of fused-ring (bicyclic) bond motifs is 4. The summed E-state index contributed by atoms with van der Waals surface area (Å²) in [5.41, 5.74) is 5.63. The molecule has 4 aromatic rings. The van der Waals surface area contributed by atoms with Crippen LogP contribution in [-0.4, -0.2) is 35.5 Å². The van der Waals surface area contributed by atoms with E-state index in [0.717, 1.165) is 27.8 Å². The Bertz CT molecular complexity index is 1570. The zero-order chi connectivity index (χ0) is 28.3. The monoisotopic (exact) mass is 546 g/mol. The summed E-state index contributed by atoms with van der Waals surface area (Å²) in [7, 11) is 0. The molecule has 1 unspecified atom stereocenters. The summed E-state index contributed by atoms with van der Waals surface area (Å²) >= 11 is 0. The van der Waals surface area contributed by atoms with Gasteiger partial charge in [-0.15, -0.1) is 0 Å². The van der Waals surface area contributed by atoms with Crippen molar-refractivity contribution < 1.29 is 28.8 Å². The van der Waals surface area contributed by atoms with Gasteiger partial charge in [-0.3, -0.25) is 9.59 Å². The minimum atomic E-state index is -0.769. The molecule has 4 aromatic carbocycles. The fraction of sp³-hybridized carbons (Fsp3) is 0.152. The largest absolute Gasteiger partial charge is 0.449 e. The average Bonchev–Trinajstić information content (AvgIpc) is 3.46. The van der Waals surface area contributed by atoms with Crippen molar-refractivity contribution in [2.24, 2.45) is 0 Å². The molecule has 3 amide bonds. The third kappa shape index (κ3) is 5.07. The van der Waals surface area contributed by atoms with Crippen LogP contribution in [0.3, 0.4) is 0 Å². The first-order valence-corrected chi connectivity index (χ1v) is 13.4. The van der Waals surface area contributed by atoms with Crippen LogP contribution >= 0.6 is 0 Å². The van der Waals surface area contributed by atoms with Crippen LogP contribution in [0.4, 0.5) is 4.79 Å². The standard InChI is InChI=1S/C33H26N2O6/c36-30(41-35-31(37)26-16-8-9-17-27(26)32(35)38)19-18-29(21-10-2-1-3-11-21)34-33(39)40-20-28-24-14-6-4-12-22(24)23-13-5-7-15-25(23)28/h1-17,28-29H,18-20H2,(H,34,39). The Morgan fingerprint density at radius 1 is 0.707 bits per heavy atom. The summed E-state index contributed by atoms with van der Waals surface area (Å²) in [4.78, 5) is 55.9. The van der Waals surface area contributed by atoms with Crippen LogP contribution in [0.2, 0.25) is 0 Å². The van der Waals surface area contributed by atoms with Gasteiger partial charge in [0, 0.05) is 5.92 Å². The molecule has 2 aliphatic rings. The van der Waals surface area contributed by atoms with Gasteiger partial charge in [0.2, 0.25) is 0 Å². The average molecular weight is 547 g/mol. The third-order valence-corrected chi connectivity index (χ3v) is 7.42. The minimum Gasteiger partial charge on any atom is -0.449 e. The Labute approximate surface area is 236 Å². The van der Waals surface area contributed by atoms with Crippen LogP contribution in [0.25, 0.3) is 11.1 Å². The lowest BCUT2D eigenvalue weighted by molar-refractivity contribution is -0.168. The predicted molar refractivity (Wildman–Crippen MR) is 150 cm³/mol. The van der Waals surface area contributed by atoms with Crippen molar-refractivity contribution in [3.8, 4) is 11.1 Å². The number of benzene rings is 4. The predicted octanol–water partition coefficient (Wildman–Crippen LogP) is 5.80. The fourth-order valence-electron chi connectivity index (χ4n) is 5.45. The summed E-state index contributed by atoms with van der Waals surface area (Å²) in [6, 6.07) is 31.1. The smallest absolute Gasteiger partial charge is 0.407 e. The second kappa shape index (κ2) is 11.1. The first-order valence-electron chi connectivity index (χ1n) is 13.4. The van der Waals surface area contributed by atoms with Gasteiger partial charge < -0.3 is 14.9 Å². The molecule has 1 aliphatic heterocycles. The molecule has 8 nitrogen and oxygen atoms in total. The zero-order valence-corrected chi connectivity index (χ0v) is 22.0. The number of alkyl carbamates (subject to hydrolysis) is 1. The lowest BCUT2D eigenvalue weighted by Gasteiger charge is -2.21. The molecule has 204 valence electrons. The normalized spacial score (nSPS) is 14.2. The van der Waals surface area contributed by atoms with E-state index in [1.54, 1.807) is 12.1 Å². The van der Waals surface area contributed by atoms with Gasteiger partial charge in [-0.2, -0.15) is 0 Å². The van der Waals surface area contributed by atoms with Gasteiger partial charge in [0.25, 0.3) is 11.8 Å². The van der Waals surface area contributed by atoms with Crippen LogP contribution in [0.15, 0.2) is 103 Å². The molecule has 1 aliphatic carbocycles. The van der Waals surface area contributed by atoms with Crippen molar-refractivity contribution in [2.75, 3.05) is 6.61 Å². The van der Waals surface area contributed by atoms with Crippen molar-refractivity contribution in [2.45, 2.75) is 24.8 Å². The Morgan fingerprint density at radius 2 is 1.22 bits per heavy atom. The molecule has 0 radical (unpaired) electrons. The molecule has 1 N–H and O–H groups in total. The molecule has 0 saturated carbocycles. The molecule has 8 heteroatoms. The van der Waals surface area contributed by atoms with E-state index >= 15 is 0 Å². The van der Waals surface area contributed by atoms with Gasteiger partial charge in [0.1, 0.15) is 6.61 Å². The third-order valence-electron chi connectivity index (χ3n) is 7.42. The molecule has 1 heterocycles. The van der Waals surface area contributed by atoms with E-state index in [0.29, 0.717) is 5.06 Å². The van der Waals surface area contributed by atoms with Crippen molar-refractivity contribution in [3.63, 3.8) is 0 Å². The number of carbonyl (C=O) groups excluding carboxylic acids is 4. The number of hydrogen-bond acceptors (Lipinski definition) is 6. The molecular formula is C33H26N2O6. The summed E-state index contributed by atoms with van der Waals surface area (Å²) in [6.07, 6.45) is -0.609. The van der Waals surface area contributed by atoms with Gasteiger partial charge in [-0.25, -0.2) is 9.59 Å². The number of hydroxylamine groups is 2. The topological polar surface area (TPSA) is 102 Å². The molecule has 0 fully saturated rings. The molecular weight excluding hydrogens is 520 g/mol. The van der Waals surface area contributed by atoms with E-state index in [2.05, 4.69) is 17.4 Å². The maximum absolute atomic E-state index is 13.0. The first-order chi connectivity index (χ1) is 20.0. The van der Waals surface area contributed by atoms with E-state index in [1.165, 1.54) is 12.1 Å². The summed E-state index contributed by atoms with van der Waals surface area (Å²) in [6.45, 7) is 0.156. The van der Waals surface area contributed by atoms with Crippen molar-refractivity contribution in [1.29, 1.82) is 0 Å². The fourth-order valence-corrected chi connectivity index (χ4v) is 5.45. The second-order valence-electron chi connectivity index (χ2n) is 9.89. The highest BCUT2D eigenvalue weighted by Gasteiger charge is 2.38. The molecule has 6 rings (SSSR count). The van der Waals surface area contributed by atoms with Gasteiger partial charge in [-0.1, -0.05) is 96.1 Å². The number of nitrogens with zero attached hydrogens (tertiary/aromatic N) is 1. The van der Waals surface area contributed by atoms with E-state index in [1.807, 2.05) is 66.7 Å². The van der Waals surface area contributed by atoms with Crippen LogP contribution in [-0.2, 0) is 14.4 Å². The van der Waals surface area contributed by atoms with E-state index in [4.69, 9.17) is 9.57 Å². The Morgan fingerprint density at radius 3 is 1.80 bits per heavy atom. The first kappa shape index (κ1) is 26.0. The number of amides is 3.